The number of benzene rings is 1. The molecule has 1 aliphatic rings. The minimum atomic E-state index is 0.0587. The molecule has 3 rings (SSSR count). The highest BCUT2D eigenvalue weighted by molar-refractivity contribution is 6.30. The molecule has 1 unspecified atom stereocenters. The molecule has 0 aliphatic carbocycles. The molecule has 1 aromatic heterocycles. The third kappa shape index (κ3) is 4.03. The Kier molecular flexibility index (Phi) is 5.32. The molecule has 0 N–H and O–H groups in total. The summed E-state index contributed by atoms with van der Waals surface area (Å²) in [6, 6.07) is 11.6. The summed E-state index contributed by atoms with van der Waals surface area (Å²) in [6.07, 6.45) is 2.01. The second-order valence-corrected chi connectivity index (χ2v) is 7.10. The zero-order valence-corrected chi connectivity index (χ0v) is 15.0. The zero-order chi connectivity index (χ0) is 17.1. The second kappa shape index (κ2) is 7.45. The van der Waals surface area contributed by atoms with Crippen molar-refractivity contribution < 1.29 is 4.79 Å². The summed E-state index contributed by atoms with van der Waals surface area (Å²) in [5, 5.41) is 0.680. The minimum Gasteiger partial charge on any atom is -0.297 e. The average molecular weight is 343 g/mol. The monoisotopic (exact) mass is 342 g/mol. The number of aromatic nitrogens is 1. The van der Waals surface area contributed by atoms with Crippen molar-refractivity contribution in [3.8, 4) is 0 Å². The fraction of sp³-hybridized carbons (Fsp3) is 0.400. The number of carbonyl (C=O) groups is 1. The van der Waals surface area contributed by atoms with E-state index in [9.17, 15) is 4.79 Å². The Morgan fingerprint density at radius 1 is 1.29 bits per heavy atom. The van der Waals surface area contributed by atoms with E-state index in [0.717, 1.165) is 55.0 Å². The van der Waals surface area contributed by atoms with Crippen LogP contribution in [0.4, 0.5) is 0 Å². The lowest BCUT2D eigenvalue weighted by Crippen LogP contribution is -2.38. The van der Waals surface area contributed by atoms with E-state index in [-0.39, 0.29) is 11.7 Å². The predicted octanol–water partition coefficient (Wildman–Crippen LogP) is 4.45. The van der Waals surface area contributed by atoms with Crippen molar-refractivity contribution in [1.29, 1.82) is 0 Å². The summed E-state index contributed by atoms with van der Waals surface area (Å²) in [6.45, 7) is 6.60. The number of Topliss-reactive ketones (excluding diaryl/α,β-unsaturated/α-hetero) is 1. The van der Waals surface area contributed by atoms with Crippen LogP contribution in [-0.2, 0) is 6.54 Å². The lowest BCUT2D eigenvalue weighted by atomic mass is 9.88. The fourth-order valence-corrected chi connectivity index (χ4v) is 3.68. The van der Waals surface area contributed by atoms with Crippen LogP contribution >= 0.6 is 11.6 Å². The number of hydrogen-bond acceptors (Lipinski definition) is 3. The summed E-state index contributed by atoms with van der Waals surface area (Å²) < 4.78 is 0. The maximum absolute atomic E-state index is 12.9. The number of rotatable bonds is 4. The number of nitrogens with zero attached hydrogens (tertiary/aromatic N) is 2. The summed E-state index contributed by atoms with van der Waals surface area (Å²) in [7, 11) is 0. The summed E-state index contributed by atoms with van der Waals surface area (Å²) >= 11 is 6.01. The lowest BCUT2D eigenvalue weighted by Gasteiger charge is -2.32. The molecule has 0 radical (unpaired) electrons. The molecule has 3 nitrogen and oxygen atoms in total. The first kappa shape index (κ1) is 17.1. The lowest BCUT2D eigenvalue weighted by molar-refractivity contribution is 0.0809. The van der Waals surface area contributed by atoms with Gasteiger partial charge in [-0.25, -0.2) is 0 Å². The van der Waals surface area contributed by atoms with E-state index in [1.807, 2.05) is 38.1 Å². The molecule has 0 saturated carbocycles. The molecule has 1 atom stereocenters. The Morgan fingerprint density at radius 2 is 2.12 bits per heavy atom. The van der Waals surface area contributed by atoms with Gasteiger partial charge in [0.2, 0.25) is 0 Å². The van der Waals surface area contributed by atoms with Gasteiger partial charge in [0.15, 0.2) is 5.78 Å². The highest BCUT2D eigenvalue weighted by atomic mass is 35.5. The number of likely N-dealkylation sites (tertiary alicyclic amines) is 1. The van der Waals surface area contributed by atoms with E-state index in [1.54, 1.807) is 6.07 Å². The van der Waals surface area contributed by atoms with Crippen LogP contribution in [0.2, 0.25) is 5.02 Å². The molecule has 4 heteroatoms. The summed E-state index contributed by atoms with van der Waals surface area (Å²) in [5.41, 5.74) is 3.88. The first-order valence-corrected chi connectivity index (χ1v) is 8.86. The van der Waals surface area contributed by atoms with Crippen molar-refractivity contribution in [3.05, 3.63) is 63.9 Å². The number of aryl methyl sites for hydroxylation is 2. The molecule has 24 heavy (non-hydrogen) atoms. The Bertz CT molecular complexity index is 744. The minimum absolute atomic E-state index is 0.0587. The number of ketones is 1. The smallest absolute Gasteiger partial charge is 0.167 e. The van der Waals surface area contributed by atoms with Gasteiger partial charge in [-0.05, 0) is 69.1 Å². The largest absolute Gasteiger partial charge is 0.297 e. The molecule has 1 aromatic carbocycles. The Balaban J connectivity index is 1.69. The number of carbonyl (C=O) groups excluding carboxylic acids is 1. The molecule has 2 heterocycles. The van der Waals surface area contributed by atoms with Crippen LogP contribution in [0.25, 0.3) is 0 Å². The van der Waals surface area contributed by atoms with Crippen molar-refractivity contribution in [3.63, 3.8) is 0 Å². The molecule has 1 saturated heterocycles. The van der Waals surface area contributed by atoms with Gasteiger partial charge in [0.1, 0.15) is 0 Å². The molecule has 2 aromatic rings. The van der Waals surface area contributed by atoms with Gasteiger partial charge in [0, 0.05) is 35.3 Å². The molecule has 0 amide bonds. The first-order chi connectivity index (χ1) is 11.5. The SMILES string of the molecule is Cc1cccc(CN2CCCC(C(=O)c3ccc(Cl)cc3C)C2)n1. The van der Waals surface area contributed by atoms with Gasteiger partial charge in [-0.2, -0.15) is 0 Å². The standard InChI is InChI=1S/C20H23ClN2O/c1-14-11-17(21)8-9-19(14)20(24)16-6-4-10-23(12-16)13-18-7-3-5-15(2)22-18/h3,5,7-9,11,16H,4,6,10,12-13H2,1-2H3. The molecule has 1 fully saturated rings. The third-order valence-electron chi connectivity index (χ3n) is 4.66. The van der Waals surface area contributed by atoms with E-state index < -0.39 is 0 Å². The van der Waals surface area contributed by atoms with Crippen LogP contribution in [0.5, 0.6) is 0 Å². The number of piperidine rings is 1. The van der Waals surface area contributed by atoms with Gasteiger partial charge in [0.05, 0.1) is 5.69 Å². The third-order valence-corrected chi connectivity index (χ3v) is 4.90. The molecule has 0 bridgehead atoms. The zero-order valence-electron chi connectivity index (χ0n) is 14.3. The van der Waals surface area contributed by atoms with Gasteiger partial charge >= 0.3 is 0 Å². The maximum atomic E-state index is 12.9. The molecule has 0 spiro atoms. The van der Waals surface area contributed by atoms with Crippen molar-refractivity contribution in [2.45, 2.75) is 33.2 Å². The van der Waals surface area contributed by atoms with Gasteiger partial charge in [-0.3, -0.25) is 14.7 Å². The molecular formula is C20H23ClN2O. The van der Waals surface area contributed by atoms with E-state index in [4.69, 9.17) is 11.6 Å². The van der Waals surface area contributed by atoms with Crippen LogP contribution < -0.4 is 0 Å². The Hall–Kier alpha value is -1.71. The predicted molar refractivity (Wildman–Crippen MR) is 97.5 cm³/mol. The highest BCUT2D eigenvalue weighted by Crippen LogP contribution is 2.25. The summed E-state index contributed by atoms with van der Waals surface area (Å²) in [5.74, 6) is 0.300. The normalized spacial score (nSPS) is 18.5. The Labute approximate surface area is 148 Å². The van der Waals surface area contributed by atoms with Crippen LogP contribution in [0, 0.1) is 19.8 Å². The number of halogens is 1. The second-order valence-electron chi connectivity index (χ2n) is 6.67. The van der Waals surface area contributed by atoms with E-state index in [0.29, 0.717) is 5.02 Å². The van der Waals surface area contributed by atoms with Gasteiger partial charge in [0.25, 0.3) is 0 Å². The van der Waals surface area contributed by atoms with Crippen molar-refractivity contribution >= 4 is 17.4 Å². The summed E-state index contributed by atoms with van der Waals surface area (Å²) in [4.78, 5) is 19.8. The van der Waals surface area contributed by atoms with Crippen molar-refractivity contribution in [2.75, 3.05) is 13.1 Å². The van der Waals surface area contributed by atoms with Gasteiger partial charge in [-0.1, -0.05) is 17.7 Å². The first-order valence-electron chi connectivity index (χ1n) is 8.48. The number of pyridine rings is 1. The number of hydrogen-bond donors (Lipinski definition) is 0. The average Bonchev–Trinajstić information content (AvgIpc) is 2.54. The van der Waals surface area contributed by atoms with E-state index >= 15 is 0 Å². The Morgan fingerprint density at radius 3 is 2.88 bits per heavy atom. The van der Waals surface area contributed by atoms with Crippen LogP contribution in [0.3, 0.4) is 0 Å². The molecule has 126 valence electrons. The van der Waals surface area contributed by atoms with Crippen LogP contribution in [-0.4, -0.2) is 28.8 Å². The van der Waals surface area contributed by atoms with Crippen LogP contribution in [0.1, 0.15) is 40.2 Å². The van der Waals surface area contributed by atoms with E-state index in [1.165, 1.54) is 0 Å². The highest BCUT2D eigenvalue weighted by Gasteiger charge is 2.27. The molecular weight excluding hydrogens is 320 g/mol. The molecule has 1 aliphatic heterocycles. The fourth-order valence-electron chi connectivity index (χ4n) is 3.45. The van der Waals surface area contributed by atoms with Crippen molar-refractivity contribution in [2.24, 2.45) is 5.92 Å². The van der Waals surface area contributed by atoms with E-state index in [2.05, 4.69) is 16.0 Å². The quantitative estimate of drug-likeness (QED) is 0.770. The van der Waals surface area contributed by atoms with Gasteiger partial charge < -0.3 is 0 Å². The topological polar surface area (TPSA) is 33.2 Å². The van der Waals surface area contributed by atoms with Gasteiger partial charge in [-0.15, -0.1) is 0 Å². The maximum Gasteiger partial charge on any atom is 0.167 e. The van der Waals surface area contributed by atoms with Crippen molar-refractivity contribution in [1.82, 2.24) is 9.88 Å². The van der Waals surface area contributed by atoms with Crippen LogP contribution in [0.15, 0.2) is 36.4 Å².